The number of nitrogens with zero attached hydrogens (tertiary/aromatic N) is 6. The highest BCUT2D eigenvalue weighted by Gasteiger charge is 2.25. The summed E-state index contributed by atoms with van der Waals surface area (Å²) in [4.78, 5) is 15.4. The van der Waals surface area contributed by atoms with Crippen LogP contribution in [0.1, 0.15) is 18.4 Å². The first-order valence-corrected chi connectivity index (χ1v) is 9.83. The van der Waals surface area contributed by atoms with E-state index in [-0.39, 0.29) is 17.8 Å². The van der Waals surface area contributed by atoms with Gasteiger partial charge in [0.1, 0.15) is 5.82 Å². The minimum atomic E-state index is -0.170. The number of likely N-dealkylation sites (tertiary alicyclic amines) is 1. The third-order valence-electron chi connectivity index (χ3n) is 5.30. The zero-order chi connectivity index (χ0) is 20.5. The largest absolute Gasteiger partial charge is 0.461 e. The van der Waals surface area contributed by atoms with Crippen molar-refractivity contribution >= 4 is 17.7 Å². The molecule has 3 aromatic heterocycles. The highest BCUT2D eigenvalue weighted by Crippen LogP contribution is 2.22. The fraction of sp³-hybridized carbons (Fsp3) is 0.300. The molecule has 0 saturated carbocycles. The Bertz CT molecular complexity index is 1160. The molecule has 1 aliphatic rings. The predicted octanol–water partition coefficient (Wildman–Crippen LogP) is 2.58. The number of hydrogen-bond acceptors (Lipinski definition) is 8. The number of rotatable bonds is 6. The van der Waals surface area contributed by atoms with Crippen LogP contribution in [0.5, 0.6) is 0 Å². The van der Waals surface area contributed by atoms with Crippen LogP contribution in [-0.4, -0.2) is 48.6 Å². The number of nitrogens with one attached hydrogen (secondary N) is 1. The van der Waals surface area contributed by atoms with Gasteiger partial charge in [0.15, 0.2) is 5.76 Å². The Morgan fingerprint density at radius 3 is 2.90 bits per heavy atom. The van der Waals surface area contributed by atoms with E-state index in [0.29, 0.717) is 42.0 Å². The van der Waals surface area contributed by atoms with Crippen molar-refractivity contribution in [3.8, 4) is 11.6 Å². The Hall–Kier alpha value is -3.53. The van der Waals surface area contributed by atoms with E-state index >= 15 is 0 Å². The Morgan fingerprint density at radius 2 is 2.07 bits per heavy atom. The highest BCUT2D eigenvalue weighted by atomic mass is 19.1. The Labute approximate surface area is 171 Å². The van der Waals surface area contributed by atoms with Crippen LogP contribution in [0.2, 0.25) is 0 Å². The lowest BCUT2D eigenvalue weighted by Gasteiger charge is -2.25. The van der Waals surface area contributed by atoms with E-state index in [0.717, 1.165) is 19.4 Å². The molecule has 1 atom stereocenters. The van der Waals surface area contributed by atoms with Gasteiger partial charge < -0.3 is 15.5 Å². The van der Waals surface area contributed by atoms with Crippen LogP contribution in [-0.2, 0) is 6.54 Å². The molecule has 5 rings (SSSR count). The average molecular weight is 408 g/mol. The third kappa shape index (κ3) is 3.57. The summed E-state index contributed by atoms with van der Waals surface area (Å²) in [6.07, 6.45) is 3.64. The van der Waals surface area contributed by atoms with E-state index in [2.05, 4.69) is 30.3 Å². The number of nitrogens with two attached hydrogens (primary N) is 1. The second-order valence-electron chi connectivity index (χ2n) is 7.27. The molecule has 154 valence electrons. The lowest BCUT2D eigenvalue weighted by molar-refractivity contribution is 0.250. The van der Waals surface area contributed by atoms with Gasteiger partial charge in [-0.15, -0.1) is 5.10 Å². The molecule has 1 unspecified atom stereocenters. The van der Waals surface area contributed by atoms with Gasteiger partial charge in [-0.2, -0.15) is 19.5 Å². The summed E-state index contributed by atoms with van der Waals surface area (Å²) in [6, 6.07) is 10.7. The van der Waals surface area contributed by atoms with Crippen LogP contribution in [0, 0.1) is 5.82 Å². The van der Waals surface area contributed by atoms with Gasteiger partial charge in [-0.25, -0.2) is 4.39 Å². The van der Waals surface area contributed by atoms with Crippen LogP contribution in [0.4, 0.5) is 16.3 Å². The second-order valence-corrected chi connectivity index (χ2v) is 7.27. The van der Waals surface area contributed by atoms with Gasteiger partial charge in [0.25, 0.3) is 5.78 Å². The molecule has 10 heteroatoms. The summed E-state index contributed by atoms with van der Waals surface area (Å²) in [7, 11) is 0. The van der Waals surface area contributed by atoms with Crippen LogP contribution in [0.25, 0.3) is 17.4 Å². The minimum absolute atomic E-state index is 0.170. The number of furan rings is 1. The fourth-order valence-corrected chi connectivity index (χ4v) is 3.78. The summed E-state index contributed by atoms with van der Waals surface area (Å²) in [6.45, 7) is 2.14. The van der Waals surface area contributed by atoms with Crippen molar-refractivity contribution < 1.29 is 8.81 Å². The summed E-state index contributed by atoms with van der Waals surface area (Å²) in [5, 5.41) is 7.54. The number of anilines is 2. The van der Waals surface area contributed by atoms with Crippen molar-refractivity contribution in [2.75, 3.05) is 24.1 Å². The van der Waals surface area contributed by atoms with Gasteiger partial charge >= 0.3 is 0 Å². The first-order valence-electron chi connectivity index (χ1n) is 9.83. The molecule has 4 aromatic rings. The molecule has 1 aliphatic heterocycles. The average Bonchev–Trinajstić information content (AvgIpc) is 3.49. The summed E-state index contributed by atoms with van der Waals surface area (Å²) < 4.78 is 20.7. The lowest BCUT2D eigenvalue weighted by atomic mass is 10.1. The van der Waals surface area contributed by atoms with Gasteiger partial charge in [-0.05, 0) is 37.6 Å². The Kier molecular flexibility index (Phi) is 4.75. The molecule has 0 radical (unpaired) electrons. The standard InChI is InChI=1S/C20H21FN8O/c21-15-7-2-1-5-13(15)12-28-9-3-6-14(28)11-23-19-25-18(22)29-20(26-19)24-17(27-29)16-8-4-10-30-16/h1-2,4-5,7-8,10,14H,3,6,9,11-12H2,(H3,22,23,24,25,26,27). The van der Waals surface area contributed by atoms with E-state index in [1.165, 1.54) is 10.6 Å². The molecule has 4 heterocycles. The zero-order valence-electron chi connectivity index (χ0n) is 16.2. The van der Waals surface area contributed by atoms with Crippen molar-refractivity contribution in [3.63, 3.8) is 0 Å². The topological polar surface area (TPSA) is 110 Å². The molecular weight excluding hydrogens is 387 g/mol. The van der Waals surface area contributed by atoms with Crippen molar-refractivity contribution in [1.29, 1.82) is 0 Å². The molecular formula is C20H21FN8O. The molecule has 0 spiro atoms. The van der Waals surface area contributed by atoms with Gasteiger partial charge in [-0.3, -0.25) is 4.90 Å². The van der Waals surface area contributed by atoms with Gasteiger partial charge in [0.05, 0.1) is 6.26 Å². The van der Waals surface area contributed by atoms with E-state index in [4.69, 9.17) is 10.2 Å². The number of hydrogen-bond donors (Lipinski definition) is 2. The smallest absolute Gasteiger partial charge is 0.259 e. The van der Waals surface area contributed by atoms with Crippen LogP contribution in [0.15, 0.2) is 47.1 Å². The van der Waals surface area contributed by atoms with Crippen molar-refractivity contribution in [2.24, 2.45) is 0 Å². The molecule has 3 N–H and O–H groups in total. The molecule has 0 amide bonds. The maximum absolute atomic E-state index is 14.0. The van der Waals surface area contributed by atoms with E-state index < -0.39 is 0 Å². The molecule has 30 heavy (non-hydrogen) atoms. The number of benzene rings is 1. The summed E-state index contributed by atoms with van der Waals surface area (Å²) in [5.41, 5.74) is 6.75. The highest BCUT2D eigenvalue weighted by molar-refractivity contribution is 5.52. The quantitative estimate of drug-likeness (QED) is 0.501. The van der Waals surface area contributed by atoms with Crippen LogP contribution >= 0.6 is 0 Å². The maximum Gasteiger partial charge on any atom is 0.259 e. The first kappa shape index (κ1) is 18.5. The van der Waals surface area contributed by atoms with Crippen LogP contribution in [0.3, 0.4) is 0 Å². The number of halogens is 1. The third-order valence-corrected chi connectivity index (χ3v) is 5.30. The van der Waals surface area contributed by atoms with Gasteiger partial charge in [0, 0.05) is 24.7 Å². The lowest BCUT2D eigenvalue weighted by Crippen LogP contribution is -2.35. The zero-order valence-corrected chi connectivity index (χ0v) is 16.2. The fourth-order valence-electron chi connectivity index (χ4n) is 3.78. The number of fused-ring (bicyclic) bond motifs is 1. The number of nitrogen functional groups attached to an aromatic ring is 1. The van der Waals surface area contributed by atoms with Gasteiger partial charge in [-0.1, -0.05) is 18.2 Å². The molecule has 0 aliphatic carbocycles. The molecule has 1 fully saturated rings. The van der Waals surface area contributed by atoms with Crippen molar-refractivity contribution in [2.45, 2.75) is 25.4 Å². The molecule has 1 saturated heterocycles. The second kappa shape index (κ2) is 7.71. The maximum atomic E-state index is 14.0. The van der Waals surface area contributed by atoms with Crippen LogP contribution < -0.4 is 11.1 Å². The Balaban J connectivity index is 1.30. The molecule has 9 nitrogen and oxygen atoms in total. The van der Waals surface area contributed by atoms with Crippen molar-refractivity contribution in [3.05, 3.63) is 54.0 Å². The normalized spacial score (nSPS) is 17.0. The summed E-state index contributed by atoms with van der Waals surface area (Å²) >= 11 is 0. The minimum Gasteiger partial charge on any atom is -0.461 e. The SMILES string of the molecule is Nc1nc(NCC2CCCN2Cc2ccccc2F)nc2nc(-c3ccco3)nn12. The van der Waals surface area contributed by atoms with E-state index in [1.807, 2.05) is 12.1 Å². The van der Waals surface area contributed by atoms with Gasteiger partial charge in [0.2, 0.25) is 17.7 Å². The summed E-state index contributed by atoms with van der Waals surface area (Å²) in [5.74, 6) is 1.66. The van der Waals surface area contributed by atoms with E-state index in [1.54, 1.807) is 24.5 Å². The van der Waals surface area contributed by atoms with Crippen molar-refractivity contribution in [1.82, 2.24) is 29.5 Å². The Morgan fingerprint density at radius 1 is 1.17 bits per heavy atom. The number of aromatic nitrogens is 5. The predicted molar refractivity (Wildman–Crippen MR) is 109 cm³/mol. The van der Waals surface area contributed by atoms with E-state index in [9.17, 15) is 4.39 Å². The molecule has 1 aromatic carbocycles. The first-order chi connectivity index (χ1) is 14.7. The monoisotopic (exact) mass is 408 g/mol. The molecule has 0 bridgehead atoms.